The van der Waals surface area contributed by atoms with Crippen molar-refractivity contribution in [2.24, 2.45) is 0 Å². The highest BCUT2D eigenvalue weighted by Gasteiger charge is 2.41. The van der Waals surface area contributed by atoms with E-state index in [0.717, 1.165) is 5.56 Å². The van der Waals surface area contributed by atoms with Crippen molar-refractivity contribution in [1.29, 1.82) is 5.26 Å². The Hall–Kier alpha value is -1.00. The molecule has 19 heavy (non-hydrogen) atoms. The van der Waals surface area contributed by atoms with Crippen LogP contribution >= 0.6 is 11.6 Å². The molecule has 0 bridgehead atoms. The maximum Gasteiger partial charge on any atom is 0.467 e. The minimum Gasteiger partial charge on any atom is -0.381 e. The summed E-state index contributed by atoms with van der Waals surface area (Å²) < 4.78 is 16.7. The largest absolute Gasteiger partial charge is 0.467 e. The zero-order valence-corrected chi connectivity index (χ0v) is 12.1. The van der Waals surface area contributed by atoms with E-state index in [9.17, 15) is 4.55 Å². The molecule has 1 aliphatic rings. The third kappa shape index (κ3) is 2.79. The van der Waals surface area contributed by atoms with Crippen LogP contribution in [0.5, 0.6) is 0 Å². The van der Waals surface area contributed by atoms with Crippen LogP contribution in [-0.2, 0) is 20.5 Å². The van der Waals surface area contributed by atoms with Gasteiger partial charge in [-0.3, -0.25) is 0 Å². The van der Waals surface area contributed by atoms with Crippen LogP contribution in [0.2, 0.25) is 5.15 Å². The Labute approximate surface area is 119 Å². The molecule has 1 aromatic heterocycles. The summed E-state index contributed by atoms with van der Waals surface area (Å²) >= 11 is 5.81. The average molecular weight is 301 g/mol. The van der Waals surface area contributed by atoms with Crippen LogP contribution in [0.15, 0.2) is 18.3 Å². The molecule has 1 unspecified atom stereocenters. The van der Waals surface area contributed by atoms with E-state index in [-0.39, 0.29) is 0 Å². The van der Waals surface area contributed by atoms with Gasteiger partial charge >= 0.3 is 6.19 Å². The molecule has 102 valence electrons. The smallest absolute Gasteiger partial charge is 0.381 e. The highest BCUT2D eigenvalue weighted by molar-refractivity contribution is 7.80. The van der Waals surface area contributed by atoms with Gasteiger partial charge in [-0.25, -0.2) is 4.98 Å². The molecular formula is C12H15ClN3O2S+. The molecule has 0 aliphatic carbocycles. The van der Waals surface area contributed by atoms with E-state index >= 15 is 0 Å². The third-order valence-electron chi connectivity index (χ3n) is 3.30. The van der Waals surface area contributed by atoms with Gasteiger partial charge in [0, 0.05) is 19.4 Å². The Morgan fingerprint density at radius 3 is 2.74 bits per heavy atom. The van der Waals surface area contributed by atoms with Gasteiger partial charge in [0.05, 0.1) is 7.05 Å². The lowest BCUT2D eigenvalue weighted by atomic mass is 9.92. The number of rotatable bonds is 2. The number of ether oxygens (including phenoxy) is 1. The van der Waals surface area contributed by atoms with E-state index in [1.165, 1.54) is 3.95 Å². The van der Waals surface area contributed by atoms with E-state index in [1.807, 2.05) is 12.3 Å². The monoisotopic (exact) mass is 300 g/mol. The van der Waals surface area contributed by atoms with Crippen LogP contribution in [0.3, 0.4) is 0 Å². The highest BCUT2D eigenvalue weighted by Crippen LogP contribution is 2.38. The van der Waals surface area contributed by atoms with E-state index in [4.69, 9.17) is 21.6 Å². The third-order valence-corrected chi connectivity index (χ3v) is 5.47. The summed E-state index contributed by atoms with van der Waals surface area (Å²) in [5.41, 5.74) is 0.896. The van der Waals surface area contributed by atoms with E-state index in [1.54, 1.807) is 19.3 Å². The lowest BCUT2D eigenvalue weighted by Gasteiger charge is -2.35. The number of hydrogen-bond acceptors (Lipinski definition) is 3. The quantitative estimate of drug-likeness (QED) is 0.393. The first kappa shape index (κ1) is 14.4. The van der Waals surface area contributed by atoms with Crippen LogP contribution in [-0.4, -0.2) is 33.7 Å². The first-order valence-electron chi connectivity index (χ1n) is 5.87. The molecule has 0 spiro atoms. The molecule has 1 atom stereocenters. The maximum absolute atomic E-state index is 10.5. The van der Waals surface area contributed by atoms with Gasteiger partial charge in [-0.15, -0.1) is 3.95 Å². The van der Waals surface area contributed by atoms with Gasteiger partial charge in [-0.1, -0.05) is 17.7 Å². The molecule has 0 aromatic carbocycles. The molecule has 1 aliphatic heterocycles. The second-order valence-electron chi connectivity index (χ2n) is 4.34. The van der Waals surface area contributed by atoms with Gasteiger partial charge in [-0.2, -0.15) is 0 Å². The van der Waals surface area contributed by atoms with Crippen LogP contribution in [0.25, 0.3) is 0 Å². The average Bonchev–Trinajstić information content (AvgIpc) is 2.47. The second kappa shape index (κ2) is 5.97. The summed E-state index contributed by atoms with van der Waals surface area (Å²) in [4.78, 5) is 4.08. The maximum atomic E-state index is 10.5. The van der Waals surface area contributed by atoms with E-state index < -0.39 is 15.7 Å². The van der Waals surface area contributed by atoms with Gasteiger partial charge in [-0.05, 0) is 24.5 Å². The molecule has 1 aromatic rings. The standard InChI is InChI=1S/C12H14ClN3O2S/c1-16(9-14)19(17)12(4-6-18-7-5-12)10-2-3-11(13)15-8-10/h2-3,8H,4-7H2,1H3/p+1. The molecule has 1 N–H and O–H groups in total. The molecule has 2 heterocycles. The summed E-state index contributed by atoms with van der Waals surface area (Å²) in [7, 11) is 0.379. The first-order valence-corrected chi connectivity index (χ1v) is 7.38. The summed E-state index contributed by atoms with van der Waals surface area (Å²) in [5.74, 6) is 0. The normalized spacial score (nSPS) is 20.4. The van der Waals surface area contributed by atoms with Gasteiger partial charge in [0.15, 0.2) is 5.26 Å². The Morgan fingerprint density at radius 2 is 2.21 bits per heavy atom. The first-order chi connectivity index (χ1) is 9.10. The highest BCUT2D eigenvalue weighted by atomic mass is 35.5. The van der Waals surface area contributed by atoms with Crippen LogP contribution in [0.4, 0.5) is 0 Å². The van der Waals surface area contributed by atoms with Crippen molar-refractivity contribution < 1.29 is 13.2 Å². The molecule has 0 amide bonds. The van der Waals surface area contributed by atoms with Crippen molar-refractivity contribution in [2.75, 3.05) is 20.3 Å². The summed E-state index contributed by atoms with van der Waals surface area (Å²) in [6.07, 6.45) is 4.96. The lowest BCUT2D eigenvalue weighted by Crippen LogP contribution is -2.40. The minimum atomic E-state index is -1.21. The van der Waals surface area contributed by atoms with Crippen molar-refractivity contribution in [3.63, 3.8) is 0 Å². The van der Waals surface area contributed by atoms with Crippen LogP contribution in [0, 0.1) is 11.5 Å². The summed E-state index contributed by atoms with van der Waals surface area (Å²) in [5, 5.41) is 9.41. The number of pyridine rings is 1. The SMILES string of the molecule is C[N+](C#N)=S(O)C1(c2ccc(Cl)nc2)CCOCC1. The molecule has 2 rings (SSSR count). The zero-order chi connectivity index (χ0) is 13.9. The molecule has 5 nitrogen and oxygen atoms in total. The number of nitriles is 1. The molecular weight excluding hydrogens is 286 g/mol. The van der Waals surface area contributed by atoms with Crippen molar-refractivity contribution >= 4 is 22.6 Å². The minimum absolute atomic E-state index is 0.414. The zero-order valence-electron chi connectivity index (χ0n) is 10.5. The van der Waals surface area contributed by atoms with E-state index in [0.29, 0.717) is 31.2 Å². The van der Waals surface area contributed by atoms with Gasteiger partial charge in [0.25, 0.3) is 0 Å². The molecule has 1 fully saturated rings. The predicted octanol–water partition coefficient (Wildman–Crippen LogP) is 2.14. The summed E-state index contributed by atoms with van der Waals surface area (Å²) in [6, 6.07) is 3.57. The fourth-order valence-corrected chi connectivity index (χ4v) is 3.80. The molecule has 0 radical (unpaired) electrons. The molecule has 1 saturated heterocycles. The van der Waals surface area contributed by atoms with Crippen molar-refractivity contribution in [2.45, 2.75) is 17.6 Å². The van der Waals surface area contributed by atoms with Gasteiger partial charge < -0.3 is 9.29 Å². The Morgan fingerprint density at radius 1 is 1.53 bits per heavy atom. The fourth-order valence-electron chi connectivity index (χ4n) is 2.22. The Kier molecular flexibility index (Phi) is 4.53. The Balaban J connectivity index is 2.52. The van der Waals surface area contributed by atoms with Gasteiger partial charge in [0.2, 0.25) is 0 Å². The number of hydrogen-bond donors (Lipinski definition) is 1. The number of halogens is 1. The van der Waals surface area contributed by atoms with Crippen molar-refractivity contribution in [3.05, 3.63) is 29.0 Å². The summed E-state index contributed by atoms with van der Waals surface area (Å²) in [6.45, 7) is 1.12. The van der Waals surface area contributed by atoms with Gasteiger partial charge in [0.1, 0.15) is 20.9 Å². The number of aromatic nitrogens is 1. The fraction of sp³-hybridized carbons (Fsp3) is 0.500. The molecule has 7 heteroatoms. The predicted molar refractivity (Wildman–Crippen MR) is 72.8 cm³/mol. The Bertz CT molecular complexity index is 533. The lowest BCUT2D eigenvalue weighted by molar-refractivity contribution is -0.380. The van der Waals surface area contributed by atoms with Crippen molar-refractivity contribution in [3.8, 4) is 6.19 Å². The van der Waals surface area contributed by atoms with Crippen molar-refractivity contribution in [1.82, 2.24) is 4.98 Å². The van der Waals surface area contributed by atoms with Crippen LogP contribution in [0.1, 0.15) is 18.4 Å². The number of nitrogens with zero attached hydrogens (tertiary/aromatic N) is 3. The van der Waals surface area contributed by atoms with E-state index in [2.05, 4.69) is 4.98 Å². The topological polar surface area (TPSA) is 69.2 Å². The van der Waals surface area contributed by atoms with Crippen LogP contribution < -0.4 is 0 Å². The second-order valence-corrected chi connectivity index (χ2v) is 6.58. The molecule has 0 saturated carbocycles.